The first kappa shape index (κ1) is 20.7. The summed E-state index contributed by atoms with van der Waals surface area (Å²) in [6.07, 6.45) is 1.00. The molecule has 2 aliphatic rings. The van der Waals surface area contributed by atoms with E-state index in [-0.39, 0.29) is 31.1 Å². The standard InChI is InChI=1S/C20H22F3N7O2/c21-20(22,23)14-8-25-19(27-18(14)32-13-9-31-10-13)26-12-4-1-3-11(7-12)16-28-29-17-15(24)5-2-6-30(16)17/h2,5-6,8,11-13H,1,3-4,7,9-10,24H2,(H,25,26,27)/t11-,12+/m0/s1. The lowest BCUT2D eigenvalue weighted by atomic mass is 9.85. The van der Waals surface area contributed by atoms with Crippen LogP contribution in [-0.2, 0) is 10.9 Å². The van der Waals surface area contributed by atoms with Crippen molar-refractivity contribution in [2.45, 2.75) is 49.9 Å². The molecule has 3 aromatic rings. The molecule has 1 aliphatic heterocycles. The van der Waals surface area contributed by atoms with Crippen molar-refractivity contribution in [1.29, 1.82) is 0 Å². The van der Waals surface area contributed by atoms with Crippen LogP contribution in [0.1, 0.15) is 43.0 Å². The third-order valence-corrected chi connectivity index (χ3v) is 5.81. The van der Waals surface area contributed by atoms with E-state index in [1.165, 1.54) is 0 Å². The van der Waals surface area contributed by atoms with Gasteiger partial charge < -0.3 is 20.5 Å². The highest BCUT2D eigenvalue weighted by molar-refractivity contribution is 5.63. The fourth-order valence-electron chi connectivity index (χ4n) is 4.13. The third-order valence-electron chi connectivity index (χ3n) is 5.81. The smallest absolute Gasteiger partial charge is 0.423 e. The number of nitrogens with two attached hydrogens (primary N) is 1. The molecule has 3 aromatic heterocycles. The molecule has 9 nitrogen and oxygen atoms in total. The summed E-state index contributed by atoms with van der Waals surface area (Å²) in [6, 6.07) is 3.59. The fraction of sp³-hybridized carbons (Fsp3) is 0.500. The van der Waals surface area contributed by atoms with Crippen molar-refractivity contribution in [3.63, 3.8) is 0 Å². The SMILES string of the molecule is Nc1cccn2c([C@H]3CCC[C@@H](Nc4ncc(C(F)(F)F)c(OC5COC5)n4)C3)nnc12. The zero-order chi connectivity index (χ0) is 22.3. The first-order chi connectivity index (χ1) is 15.4. The number of alkyl halides is 3. The Bertz CT molecular complexity index is 1120. The molecule has 1 aliphatic carbocycles. The third kappa shape index (κ3) is 4.01. The maximum atomic E-state index is 13.3. The Kier molecular flexibility index (Phi) is 5.24. The zero-order valence-corrected chi connectivity index (χ0v) is 17.0. The first-order valence-electron chi connectivity index (χ1n) is 10.4. The van der Waals surface area contributed by atoms with Crippen LogP contribution in [0.2, 0.25) is 0 Å². The van der Waals surface area contributed by atoms with Gasteiger partial charge >= 0.3 is 6.18 Å². The lowest BCUT2D eigenvalue weighted by Gasteiger charge is -2.29. The van der Waals surface area contributed by atoms with Gasteiger partial charge in [0, 0.05) is 24.4 Å². The molecule has 170 valence electrons. The maximum absolute atomic E-state index is 13.3. The second-order valence-corrected chi connectivity index (χ2v) is 8.11. The molecule has 1 saturated carbocycles. The number of fused-ring (bicyclic) bond motifs is 1. The van der Waals surface area contributed by atoms with E-state index in [2.05, 4.69) is 25.5 Å². The molecule has 0 amide bonds. The van der Waals surface area contributed by atoms with Gasteiger partial charge in [0.25, 0.3) is 0 Å². The number of halogens is 3. The molecule has 1 saturated heterocycles. The van der Waals surface area contributed by atoms with Crippen molar-refractivity contribution in [1.82, 2.24) is 24.6 Å². The van der Waals surface area contributed by atoms with Crippen LogP contribution in [0.3, 0.4) is 0 Å². The van der Waals surface area contributed by atoms with Crippen LogP contribution in [0.5, 0.6) is 5.88 Å². The van der Waals surface area contributed by atoms with E-state index in [9.17, 15) is 13.2 Å². The number of ether oxygens (including phenoxy) is 2. The number of aromatic nitrogens is 5. The number of hydrogen-bond donors (Lipinski definition) is 2. The molecule has 0 unspecified atom stereocenters. The molecule has 0 aromatic carbocycles. The van der Waals surface area contributed by atoms with E-state index in [1.54, 1.807) is 6.07 Å². The number of nitrogen functional groups attached to an aromatic ring is 1. The molecular weight excluding hydrogens is 427 g/mol. The van der Waals surface area contributed by atoms with Crippen LogP contribution >= 0.6 is 0 Å². The molecule has 0 radical (unpaired) electrons. The Morgan fingerprint density at radius 1 is 1.22 bits per heavy atom. The molecule has 0 spiro atoms. The van der Waals surface area contributed by atoms with Crippen LogP contribution in [-0.4, -0.2) is 49.9 Å². The Morgan fingerprint density at radius 3 is 2.81 bits per heavy atom. The van der Waals surface area contributed by atoms with Gasteiger partial charge in [-0.25, -0.2) is 4.98 Å². The van der Waals surface area contributed by atoms with Crippen molar-refractivity contribution in [3.8, 4) is 5.88 Å². The summed E-state index contributed by atoms with van der Waals surface area (Å²) in [4.78, 5) is 7.93. The molecule has 2 atom stereocenters. The predicted molar refractivity (Wildman–Crippen MR) is 108 cm³/mol. The van der Waals surface area contributed by atoms with Gasteiger partial charge in [0.05, 0.1) is 18.9 Å². The fourth-order valence-corrected chi connectivity index (χ4v) is 4.13. The Morgan fingerprint density at radius 2 is 2.06 bits per heavy atom. The van der Waals surface area contributed by atoms with Crippen LogP contribution in [0.4, 0.5) is 24.8 Å². The van der Waals surface area contributed by atoms with Gasteiger partial charge in [-0.3, -0.25) is 4.40 Å². The summed E-state index contributed by atoms with van der Waals surface area (Å²) >= 11 is 0. The lowest BCUT2D eigenvalue weighted by molar-refractivity contribution is -0.142. The Hall–Kier alpha value is -3.15. The van der Waals surface area contributed by atoms with E-state index in [1.807, 2.05) is 16.7 Å². The average molecular weight is 449 g/mol. The predicted octanol–water partition coefficient (Wildman–Crippen LogP) is 3.04. The first-order valence-corrected chi connectivity index (χ1v) is 10.4. The van der Waals surface area contributed by atoms with Crippen molar-refractivity contribution < 1.29 is 22.6 Å². The van der Waals surface area contributed by atoms with Crippen molar-refractivity contribution in [2.24, 2.45) is 0 Å². The van der Waals surface area contributed by atoms with E-state index < -0.39 is 23.7 Å². The van der Waals surface area contributed by atoms with Crippen LogP contribution < -0.4 is 15.8 Å². The molecule has 12 heteroatoms. The number of nitrogens with one attached hydrogen (secondary N) is 1. The highest BCUT2D eigenvalue weighted by Gasteiger charge is 2.38. The summed E-state index contributed by atoms with van der Waals surface area (Å²) in [7, 11) is 0. The molecule has 5 rings (SSSR count). The van der Waals surface area contributed by atoms with Gasteiger partial charge in [0.2, 0.25) is 11.8 Å². The summed E-state index contributed by atoms with van der Waals surface area (Å²) in [5, 5.41) is 11.7. The molecule has 32 heavy (non-hydrogen) atoms. The minimum absolute atomic E-state index is 0.0289. The summed E-state index contributed by atoms with van der Waals surface area (Å²) in [5.41, 5.74) is 6.16. The largest absolute Gasteiger partial charge is 0.469 e. The van der Waals surface area contributed by atoms with Gasteiger partial charge in [0.15, 0.2) is 5.65 Å². The number of nitrogens with zero attached hydrogens (tertiary/aromatic N) is 5. The average Bonchev–Trinajstić information content (AvgIpc) is 3.16. The molecular formula is C20H22F3N7O2. The maximum Gasteiger partial charge on any atom is 0.423 e. The summed E-state index contributed by atoms with van der Waals surface area (Å²) < 4.78 is 52.3. The van der Waals surface area contributed by atoms with Crippen LogP contribution in [0.25, 0.3) is 5.65 Å². The zero-order valence-electron chi connectivity index (χ0n) is 17.0. The van der Waals surface area contributed by atoms with Gasteiger partial charge in [-0.1, -0.05) is 6.42 Å². The van der Waals surface area contributed by atoms with E-state index in [4.69, 9.17) is 15.2 Å². The van der Waals surface area contributed by atoms with Crippen molar-refractivity contribution in [2.75, 3.05) is 24.3 Å². The normalized spacial score (nSPS) is 22.0. The van der Waals surface area contributed by atoms with Crippen LogP contribution in [0.15, 0.2) is 24.5 Å². The molecule has 4 heterocycles. The van der Waals surface area contributed by atoms with Gasteiger partial charge in [-0.15, -0.1) is 10.2 Å². The van der Waals surface area contributed by atoms with Gasteiger partial charge in [-0.05, 0) is 31.4 Å². The quantitative estimate of drug-likeness (QED) is 0.611. The second-order valence-electron chi connectivity index (χ2n) is 8.11. The van der Waals surface area contributed by atoms with Crippen molar-refractivity contribution >= 4 is 17.3 Å². The molecule has 3 N–H and O–H groups in total. The Labute approximate surface area is 181 Å². The van der Waals surface area contributed by atoms with E-state index in [0.717, 1.165) is 31.3 Å². The highest BCUT2D eigenvalue weighted by atomic mass is 19.4. The van der Waals surface area contributed by atoms with Gasteiger partial charge in [-0.2, -0.15) is 18.2 Å². The molecule has 2 fully saturated rings. The summed E-state index contributed by atoms with van der Waals surface area (Å²) in [6.45, 7) is 0.483. The van der Waals surface area contributed by atoms with E-state index in [0.29, 0.717) is 17.8 Å². The van der Waals surface area contributed by atoms with E-state index >= 15 is 0 Å². The van der Waals surface area contributed by atoms with Crippen LogP contribution in [0, 0.1) is 0 Å². The van der Waals surface area contributed by atoms with Gasteiger partial charge in [0.1, 0.15) is 17.5 Å². The van der Waals surface area contributed by atoms with Crippen molar-refractivity contribution in [3.05, 3.63) is 35.9 Å². The number of pyridine rings is 1. The molecule has 0 bridgehead atoms. The minimum atomic E-state index is -4.61. The monoisotopic (exact) mass is 449 g/mol. The topological polar surface area (TPSA) is 112 Å². The summed E-state index contributed by atoms with van der Waals surface area (Å²) in [5.74, 6) is 0.570. The Balaban J connectivity index is 1.34. The lowest BCUT2D eigenvalue weighted by Crippen LogP contribution is -2.39. The number of anilines is 2. The number of rotatable bonds is 5. The highest BCUT2D eigenvalue weighted by Crippen LogP contribution is 2.37. The number of hydrogen-bond acceptors (Lipinski definition) is 8. The minimum Gasteiger partial charge on any atom is -0.469 e. The second kappa shape index (κ2) is 8.08.